The molecule has 0 saturated carbocycles. The van der Waals surface area contributed by atoms with E-state index in [0.717, 1.165) is 11.6 Å². The van der Waals surface area contributed by atoms with E-state index in [1.165, 1.54) is 30.2 Å². The summed E-state index contributed by atoms with van der Waals surface area (Å²) in [6.07, 6.45) is -1.81. The number of Topliss-reactive ketones (excluding diaryl/α,β-unsaturated/α-hetero) is 1. The summed E-state index contributed by atoms with van der Waals surface area (Å²) in [4.78, 5) is 19.9. The maximum atomic E-state index is 14.1. The SMILES string of the molecule is CC[C@H](C)[C@H](C(=O)Cc1cncn1Cc1ccc(C#N)cc1)C(N)N(Cc1ccccc1C(F)(F)F)C(=S)Nc1ccc(OC)cc1. The summed E-state index contributed by atoms with van der Waals surface area (Å²) in [5, 5.41) is 12.3. The lowest BCUT2D eigenvalue weighted by Crippen LogP contribution is -2.55. The monoisotopic (exact) mass is 662 g/mol. The van der Waals surface area contributed by atoms with Gasteiger partial charge in [-0.2, -0.15) is 18.4 Å². The van der Waals surface area contributed by atoms with Crippen LogP contribution < -0.4 is 15.8 Å². The predicted molar refractivity (Wildman–Crippen MR) is 178 cm³/mol. The Morgan fingerprint density at radius 1 is 1.13 bits per heavy atom. The molecular weight excluding hydrogens is 625 g/mol. The molecule has 3 aromatic carbocycles. The molecule has 12 heteroatoms. The zero-order chi connectivity index (χ0) is 34.1. The maximum absolute atomic E-state index is 14.1. The summed E-state index contributed by atoms with van der Waals surface area (Å²) in [5.41, 5.74) is 8.77. The van der Waals surface area contributed by atoms with Gasteiger partial charge in [-0.3, -0.25) is 4.79 Å². The summed E-state index contributed by atoms with van der Waals surface area (Å²) in [6.45, 7) is 3.99. The second kappa shape index (κ2) is 15.7. The first kappa shape index (κ1) is 35.1. The van der Waals surface area contributed by atoms with Gasteiger partial charge in [0.1, 0.15) is 11.5 Å². The smallest absolute Gasteiger partial charge is 0.416 e. The number of nitrogens with zero attached hydrogens (tertiary/aromatic N) is 4. The Bertz CT molecular complexity index is 1700. The lowest BCUT2D eigenvalue weighted by atomic mass is 9.83. The van der Waals surface area contributed by atoms with Gasteiger partial charge in [0, 0.05) is 37.1 Å². The molecule has 0 radical (unpaired) electrons. The van der Waals surface area contributed by atoms with Crippen LogP contribution in [-0.2, 0) is 30.5 Å². The van der Waals surface area contributed by atoms with E-state index in [-0.39, 0.29) is 35.3 Å². The molecule has 0 saturated heterocycles. The zero-order valence-electron chi connectivity index (χ0n) is 26.4. The average Bonchev–Trinajstić information content (AvgIpc) is 3.49. The molecule has 0 spiro atoms. The molecule has 3 atom stereocenters. The third-order valence-electron chi connectivity index (χ3n) is 8.21. The van der Waals surface area contributed by atoms with E-state index in [2.05, 4.69) is 16.4 Å². The van der Waals surface area contributed by atoms with Gasteiger partial charge in [-0.15, -0.1) is 0 Å². The van der Waals surface area contributed by atoms with Gasteiger partial charge in [-0.25, -0.2) is 4.98 Å². The lowest BCUT2D eigenvalue weighted by Gasteiger charge is -2.38. The average molecular weight is 663 g/mol. The minimum Gasteiger partial charge on any atom is -0.497 e. The van der Waals surface area contributed by atoms with Crippen molar-refractivity contribution >= 4 is 28.8 Å². The molecule has 0 amide bonds. The molecule has 0 fully saturated rings. The Balaban J connectivity index is 1.65. The van der Waals surface area contributed by atoms with E-state index in [0.29, 0.717) is 35.7 Å². The number of ketones is 1. The number of thiocarbonyl (C=S) groups is 1. The van der Waals surface area contributed by atoms with Gasteiger partial charge < -0.3 is 25.3 Å². The first-order valence-electron chi connectivity index (χ1n) is 15.1. The van der Waals surface area contributed by atoms with Crippen LogP contribution in [-0.4, -0.2) is 38.6 Å². The first-order chi connectivity index (χ1) is 22.4. The van der Waals surface area contributed by atoms with Crippen molar-refractivity contribution in [3.63, 3.8) is 0 Å². The predicted octanol–water partition coefficient (Wildman–Crippen LogP) is 6.79. The largest absolute Gasteiger partial charge is 0.497 e. The van der Waals surface area contributed by atoms with Crippen LogP contribution in [0.15, 0.2) is 85.3 Å². The van der Waals surface area contributed by atoms with E-state index in [4.69, 9.17) is 28.0 Å². The van der Waals surface area contributed by atoms with E-state index < -0.39 is 23.8 Å². The Kier molecular flexibility index (Phi) is 11.7. The number of carbonyl (C=O) groups excluding carboxylic acids is 1. The molecule has 0 aliphatic rings. The van der Waals surface area contributed by atoms with Crippen LogP contribution in [0.5, 0.6) is 5.75 Å². The highest BCUT2D eigenvalue weighted by molar-refractivity contribution is 7.80. The van der Waals surface area contributed by atoms with Crippen LogP contribution in [0, 0.1) is 23.2 Å². The highest BCUT2D eigenvalue weighted by Crippen LogP contribution is 2.34. The summed E-state index contributed by atoms with van der Waals surface area (Å²) < 4.78 is 49.2. The minimum absolute atomic E-state index is 0.00460. The van der Waals surface area contributed by atoms with Crippen LogP contribution in [0.2, 0.25) is 0 Å². The number of anilines is 1. The number of nitrogens with two attached hydrogens (primary N) is 1. The Hall–Kier alpha value is -4.73. The number of carbonyl (C=O) groups is 1. The topological polar surface area (TPSA) is 109 Å². The molecule has 3 N–H and O–H groups in total. The number of ether oxygens (including phenoxy) is 1. The molecule has 0 aliphatic heterocycles. The third-order valence-corrected chi connectivity index (χ3v) is 8.55. The van der Waals surface area contributed by atoms with E-state index in [1.54, 1.807) is 48.9 Å². The normalized spacial score (nSPS) is 13.2. The van der Waals surface area contributed by atoms with Crippen LogP contribution in [0.3, 0.4) is 0 Å². The standard InChI is InChI=1S/C35H37F3N6O2S/c1-4-23(2)32(31(45)17-28-19-41-22-43(28)20-25-11-9-24(18-39)10-12-25)33(40)44(21-26-7-5-6-8-30(26)35(36,37)38)34(47)42-27-13-15-29(46-3)16-14-27/h5-16,19,22-23,32-33H,4,17,20-21,40H2,1-3H3,(H,42,47)/t23-,32+,33?/m0/s1. The van der Waals surface area contributed by atoms with Crippen molar-refractivity contribution in [1.29, 1.82) is 5.26 Å². The number of imidazole rings is 1. The molecule has 0 bridgehead atoms. The highest BCUT2D eigenvalue weighted by Gasteiger charge is 2.38. The van der Waals surface area contributed by atoms with E-state index in [9.17, 15) is 18.0 Å². The molecule has 1 heterocycles. The Morgan fingerprint density at radius 3 is 2.43 bits per heavy atom. The number of methoxy groups -OCH3 is 1. The van der Waals surface area contributed by atoms with Gasteiger partial charge in [-0.05, 0) is 71.7 Å². The second-order valence-electron chi connectivity index (χ2n) is 11.3. The molecular formula is C35H37F3N6O2S. The van der Waals surface area contributed by atoms with Crippen LogP contribution in [0.4, 0.5) is 18.9 Å². The van der Waals surface area contributed by atoms with E-state index in [1.807, 2.05) is 30.5 Å². The highest BCUT2D eigenvalue weighted by atomic mass is 32.1. The van der Waals surface area contributed by atoms with Crippen molar-refractivity contribution in [2.45, 2.75) is 52.1 Å². The number of alkyl halides is 3. The molecule has 8 nitrogen and oxygen atoms in total. The molecule has 47 heavy (non-hydrogen) atoms. The van der Waals surface area contributed by atoms with Gasteiger partial charge in [0.05, 0.1) is 42.7 Å². The number of nitriles is 1. The number of hydrogen-bond donors (Lipinski definition) is 2. The second-order valence-corrected chi connectivity index (χ2v) is 11.7. The van der Waals surface area contributed by atoms with Crippen molar-refractivity contribution in [2.75, 3.05) is 12.4 Å². The van der Waals surface area contributed by atoms with Gasteiger partial charge in [0.15, 0.2) is 5.11 Å². The maximum Gasteiger partial charge on any atom is 0.416 e. The number of nitrogens with one attached hydrogen (secondary N) is 1. The Labute approximate surface area is 278 Å². The molecule has 4 rings (SSSR count). The fourth-order valence-corrected chi connectivity index (χ4v) is 5.71. The number of rotatable bonds is 13. The number of aromatic nitrogens is 2. The number of benzene rings is 3. The Morgan fingerprint density at radius 2 is 1.81 bits per heavy atom. The summed E-state index contributed by atoms with van der Waals surface area (Å²) >= 11 is 5.76. The molecule has 0 aliphatic carbocycles. The number of halogens is 3. The summed E-state index contributed by atoms with van der Waals surface area (Å²) in [5.74, 6) is -0.576. The van der Waals surface area contributed by atoms with E-state index >= 15 is 0 Å². The van der Waals surface area contributed by atoms with Gasteiger partial charge in [-0.1, -0.05) is 50.6 Å². The van der Waals surface area contributed by atoms with Crippen molar-refractivity contribution in [2.24, 2.45) is 17.6 Å². The molecule has 1 aromatic heterocycles. The van der Waals surface area contributed by atoms with Gasteiger partial charge >= 0.3 is 6.18 Å². The van der Waals surface area contributed by atoms with Crippen molar-refractivity contribution in [3.8, 4) is 11.8 Å². The third kappa shape index (κ3) is 8.96. The quantitative estimate of drug-likeness (QED) is 0.119. The van der Waals surface area contributed by atoms with Gasteiger partial charge in [0.2, 0.25) is 0 Å². The lowest BCUT2D eigenvalue weighted by molar-refractivity contribution is -0.138. The first-order valence-corrected chi connectivity index (χ1v) is 15.5. The zero-order valence-corrected chi connectivity index (χ0v) is 27.2. The molecule has 246 valence electrons. The van der Waals surface area contributed by atoms with Crippen molar-refractivity contribution < 1.29 is 22.7 Å². The fraction of sp³-hybridized carbons (Fsp3) is 0.314. The molecule has 4 aromatic rings. The van der Waals surface area contributed by atoms with Crippen molar-refractivity contribution in [3.05, 3.63) is 113 Å². The van der Waals surface area contributed by atoms with Gasteiger partial charge in [0.25, 0.3) is 0 Å². The summed E-state index contributed by atoms with van der Waals surface area (Å²) in [6, 6.07) is 21.4. The van der Waals surface area contributed by atoms with Crippen LogP contribution in [0.25, 0.3) is 0 Å². The van der Waals surface area contributed by atoms with Crippen LogP contribution in [0.1, 0.15) is 48.2 Å². The fourth-order valence-electron chi connectivity index (χ4n) is 5.41. The summed E-state index contributed by atoms with van der Waals surface area (Å²) in [7, 11) is 1.54. The van der Waals surface area contributed by atoms with Crippen LogP contribution >= 0.6 is 12.2 Å². The number of hydrogen-bond acceptors (Lipinski definition) is 6. The minimum atomic E-state index is -4.60. The van der Waals surface area contributed by atoms with Crippen molar-refractivity contribution in [1.82, 2.24) is 14.5 Å². The molecule has 1 unspecified atom stereocenters.